The summed E-state index contributed by atoms with van der Waals surface area (Å²) in [5.74, 6) is 0. The van der Waals surface area contributed by atoms with Crippen molar-refractivity contribution in [1.29, 1.82) is 0 Å². The third-order valence-electron chi connectivity index (χ3n) is 11.7. The summed E-state index contributed by atoms with van der Waals surface area (Å²) in [5.41, 5.74) is 18.2. The van der Waals surface area contributed by atoms with E-state index >= 15 is 0 Å². The van der Waals surface area contributed by atoms with Gasteiger partial charge in [0.25, 0.3) is 0 Å². The Kier molecular flexibility index (Phi) is 6.37. The van der Waals surface area contributed by atoms with E-state index < -0.39 is 0 Å². The van der Waals surface area contributed by atoms with Gasteiger partial charge in [0, 0.05) is 16.5 Å². The molecule has 0 amide bonds. The van der Waals surface area contributed by atoms with Crippen molar-refractivity contribution in [2.45, 2.75) is 0 Å². The van der Waals surface area contributed by atoms with Gasteiger partial charge in [-0.05, 0) is 108 Å². The molecule has 0 radical (unpaired) electrons. The molecule has 12 rings (SSSR count). The lowest BCUT2D eigenvalue weighted by molar-refractivity contribution is 1.18. The van der Waals surface area contributed by atoms with Gasteiger partial charge < -0.3 is 4.57 Å². The average Bonchev–Trinajstić information content (AvgIpc) is 3.76. The summed E-state index contributed by atoms with van der Waals surface area (Å²) in [5, 5.41) is 7.46. The molecule has 2 heteroatoms. The maximum absolute atomic E-state index is 5.14. The van der Waals surface area contributed by atoms with E-state index in [0.29, 0.717) is 0 Å². The smallest absolute Gasteiger partial charge is 0.0971 e. The van der Waals surface area contributed by atoms with Crippen LogP contribution in [0.25, 0.3) is 116 Å². The van der Waals surface area contributed by atoms with Gasteiger partial charge in [-0.2, -0.15) is 0 Å². The van der Waals surface area contributed by atoms with Gasteiger partial charge in [-0.15, -0.1) is 0 Å². The van der Waals surface area contributed by atoms with Crippen molar-refractivity contribution >= 4 is 54.4 Å². The maximum Gasteiger partial charge on any atom is 0.0971 e. The van der Waals surface area contributed by atoms with Gasteiger partial charge in [0.2, 0.25) is 0 Å². The number of aromatic nitrogens is 2. The topological polar surface area (TPSA) is 17.8 Å². The molecule has 0 fully saturated rings. The summed E-state index contributed by atoms with van der Waals surface area (Å²) in [6, 6.07) is 70.8. The first-order valence-corrected chi connectivity index (χ1v) is 19.0. The van der Waals surface area contributed by atoms with E-state index in [-0.39, 0.29) is 0 Å². The van der Waals surface area contributed by atoms with E-state index in [1.54, 1.807) is 0 Å². The Labute approximate surface area is 318 Å². The average molecular weight is 697 g/mol. The molecule has 2 nitrogen and oxygen atoms in total. The van der Waals surface area contributed by atoms with E-state index in [1.165, 1.54) is 77.2 Å². The molecule has 1 aliphatic rings. The highest BCUT2D eigenvalue weighted by Gasteiger charge is 2.31. The van der Waals surface area contributed by atoms with E-state index in [9.17, 15) is 0 Å². The second kappa shape index (κ2) is 11.6. The minimum Gasteiger partial charge on any atom is -0.308 e. The van der Waals surface area contributed by atoms with Crippen molar-refractivity contribution in [3.63, 3.8) is 0 Å². The molecule has 9 aromatic carbocycles. The van der Waals surface area contributed by atoms with Crippen LogP contribution < -0.4 is 0 Å². The summed E-state index contributed by atoms with van der Waals surface area (Å²) < 4.78 is 2.36. The highest BCUT2D eigenvalue weighted by atomic mass is 15.0. The van der Waals surface area contributed by atoms with Gasteiger partial charge in [-0.25, -0.2) is 4.98 Å². The first-order valence-electron chi connectivity index (χ1n) is 19.0. The summed E-state index contributed by atoms with van der Waals surface area (Å²) >= 11 is 0. The number of rotatable bonds is 4. The van der Waals surface area contributed by atoms with Crippen LogP contribution in [0.15, 0.2) is 194 Å². The first kappa shape index (κ1) is 30.2. The predicted molar refractivity (Wildman–Crippen MR) is 232 cm³/mol. The lowest BCUT2D eigenvalue weighted by atomic mass is 9.82. The zero-order chi connectivity index (χ0) is 36.0. The second-order valence-electron chi connectivity index (χ2n) is 14.6. The molecular formula is C53H32N2. The van der Waals surface area contributed by atoms with Gasteiger partial charge in [0.05, 0.1) is 22.1 Å². The number of hydrogen-bond acceptors (Lipinski definition) is 1. The molecule has 11 aromatic rings. The molecule has 0 spiro atoms. The van der Waals surface area contributed by atoms with Gasteiger partial charge >= 0.3 is 0 Å². The molecule has 2 heterocycles. The number of pyridine rings is 1. The third kappa shape index (κ3) is 4.34. The van der Waals surface area contributed by atoms with Gasteiger partial charge in [0.15, 0.2) is 0 Å². The third-order valence-corrected chi connectivity index (χ3v) is 11.7. The molecule has 0 aliphatic heterocycles. The number of hydrogen-bond donors (Lipinski definition) is 0. The summed E-state index contributed by atoms with van der Waals surface area (Å²) in [6.07, 6.45) is 0. The molecular weight excluding hydrogens is 665 g/mol. The lowest BCUT2D eigenvalue weighted by Gasteiger charge is -2.20. The summed E-state index contributed by atoms with van der Waals surface area (Å²) in [4.78, 5) is 5.14. The Balaban J connectivity index is 1.08. The number of para-hydroxylation sites is 2. The monoisotopic (exact) mass is 696 g/mol. The lowest BCUT2D eigenvalue weighted by Crippen LogP contribution is -1.94. The fraction of sp³-hybridized carbons (Fsp3) is 0. The van der Waals surface area contributed by atoms with E-state index in [2.05, 4.69) is 199 Å². The van der Waals surface area contributed by atoms with Crippen LogP contribution in [0.1, 0.15) is 0 Å². The Hall–Kier alpha value is -7.29. The number of nitrogens with zero attached hydrogens (tertiary/aromatic N) is 2. The van der Waals surface area contributed by atoms with E-state index in [1.807, 2.05) is 0 Å². The molecule has 0 unspecified atom stereocenters. The maximum atomic E-state index is 5.14. The zero-order valence-corrected chi connectivity index (χ0v) is 29.9. The highest BCUT2D eigenvalue weighted by molar-refractivity contribution is 6.28. The van der Waals surface area contributed by atoms with Crippen molar-refractivity contribution in [1.82, 2.24) is 9.55 Å². The molecule has 2 aromatic heterocycles. The quantitative estimate of drug-likeness (QED) is 0.179. The molecule has 55 heavy (non-hydrogen) atoms. The zero-order valence-electron chi connectivity index (χ0n) is 29.9. The highest BCUT2D eigenvalue weighted by Crippen LogP contribution is 2.58. The van der Waals surface area contributed by atoms with Crippen LogP contribution in [0.5, 0.6) is 0 Å². The van der Waals surface area contributed by atoms with Crippen molar-refractivity contribution in [2.24, 2.45) is 0 Å². The normalized spacial score (nSPS) is 12.0. The largest absolute Gasteiger partial charge is 0.308 e. The van der Waals surface area contributed by atoms with Crippen LogP contribution in [0.3, 0.4) is 0 Å². The Morgan fingerprint density at radius 1 is 0.345 bits per heavy atom. The molecule has 0 saturated carbocycles. The second-order valence-corrected chi connectivity index (χ2v) is 14.6. The molecule has 0 atom stereocenters. The van der Waals surface area contributed by atoms with Crippen LogP contribution in [-0.4, -0.2) is 9.55 Å². The van der Waals surface area contributed by atoms with Gasteiger partial charge in [-0.3, -0.25) is 0 Å². The van der Waals surface area contributed by atoms with Gasteiger partial charge in [-0.1, -0.05) is 164 Å². The van der Waals surface area contributed by atoms with E-state index in [4.69, 9.17) is 4.98 Å². The molecule has 0 saturated heterocycles. The van der Waals surface area contributed by atoms with Crippen LogP contribution in [0.2, 0.25) is 0 Å². The predicted octanol–water partition coefficient (Wildman–Crippen LogP) is 14.3. The van der Waals surface area contributed by atoms with Crippen LogP contribution in [0.4, 0.5) is 0 Å². The Morgan fingerprint density at radius 2 is 0.909 bits per heavy atom. The Bertz CT molecular complexity index is 3250. The number of benzene rings is 9. The van der Waals surface area contributed by atoms with Gasteiger partial charge in [0.1, 0.15) is 0 Å². The molecule has 0 N–H and O–H groups in total. The first-order chi connectivity index (χ1) is 27.3. The molecule has 1 aliphatic carbocycles. The minimum absolute atomic E-state index is 1.02. The van der Waals surface area contributed by atoms with Crippen LogP contribution in [0, 0.1) is 0 Å². The fourth-order valence-electron chi connectivity index (χ4n) is 9.40. The van der Waals surface area contributed by atoms with Crippen molar-refractivity contribution < 1.29 is 0 Å². The Morgan fingerprint density at radius 3 is 1.62 bits per heavy atom. The van der Waals surface area contributed by atoms with E-state index in [0.717, 1.165) is 38.5 Å². The number of fused-ring (bicyclic) bond motifs is 8. The minimum atomic E-state index is 1.02. The standard InChI is InChI=1S/C53H32N2/c1-3-14-34(15-4-1)48-40-19-8-9-20-41(40)49(35-16-5-2-6-17-35)52-44-31-30-38(39-22-13-23-43(50(39)44)51(48)52)33-26-28-37(29-27-33)55-46-25-12-10-21-42(46)53-47(55)32-36-18-7-11-24-45(36)54-53/h1-32H. The summed E-state index contributed by atoms with van der Waals surface area (Å²) in [7, 11) is 0. The fourth-order valence-corrected chi connectivity index (χ4v) is 9.40. The molecule has 254 valence electrons. The van der Waals surface area contributed by atoms with Crippen molar-refractivity contribution in [3.8, 4) is 61.3 Å². The van der Waals surface area contributed by atoms with Crippen LogP contribution >= 0.6 is 0 Å². The molecule has 0 bridgehead atoms. The summed E-state index contributed by atoms with van der Waals surface area (Å²) in [6.45, 7) is 0. The van der Waals surface area contributed by atoms with Crippen LogP contribution in [-0.2, 0) is 0 Å². The SMILES string of the molecule is c1ccc(-c2c3c(c(-c4ccccc4)c4ccccc24)-c2ccc(-c4ccc(-n5c6ccccc6c6nc7ccccc7cc65)cc4)c4cccc-3c24)cc1. The van der Waals surface area contributed by atoms with Crippen molar-refractivity contribution in [2.75, 3.05) is 0 Å². The van der Waals surface area contributed by atoms with Crippen molar-refractivity contribution in [3.05, 3.63) is 194 Å².